The molecule has 0 N–H and O–H groups in total. The highest BCUT2D eigenvalue weighted by atomic mass is 16.5. The Balaban J connectivity index is 3.41. The lowest BCUT2D eigenvalue weighted by atomic mass is 10.0. The molecule has 0 aromatic heterocycles. The SMILES string of the molecule is [CH2]COc1cc(C#N)c(C#N)c(C#N)c1. The highest BCUT2D eigenvalue weighted by Gasteiger charge is 2.10. The minimum Gasteiger partial charge on any atom is -0.494 e. The molecule has 0 aliphatic carbocycles. The number of rotatable bonds is 2. The Labute approximate surface area is 87.5 Å². The van der Waals surface area contributed by atoms with Gasteiger partial charge in [-0.25, -0.2) is 0 Å². The van der Waals surface area contributed by atoms with Crippen LogP contribution in [0.3, 0.4) is 0 Å². The van der Waals surface area contributed by atoms with Crippen molar-refractivity contribution in [2.75, 3.05) is 6.61 Å². The van der Waals surface area contributed by atoms with E-state index < -0.39 is 0 Å². The van der Waals surface area contributed by atoms with Crippen molar-refractivity contribution in [3.63, 3.8) is 0 Å². The number of ether oxygens (including phenoxy) is 1. The maximum absolute atomic E-state index is 8.78. The zero-order valence-electron chi connectivity index (χ0n) is 7.82. The van der Waals surface area contributed by atoms with Gasteiger partial charge in [0.05, 0.1) is 23.3 Å². The van der Waals surface area contributed by atoms with Crippen LogP contribution in [0.5, 0.6) is 5.75 Å². The van der Waals surface area contributed by atoms with Gasteiger partial charge in [0.15, 0.2) is 0 Å². The molecule has 0 saturated heterocycles. The van der Waals surface area contributed by atoms with Gasteiger partial charge >= 0.3 is 0 Å². The number of nitriles is 3. The van der Waals surface area contributed by atoms with Crippen LogP contribution in [0.1, 0.15) is 16.7 Å². The van der Waals surface area contributed by atoms with Crippen molar-refractivity contribution in [1.29, 1.82) is 15.8 Å². The highest BCUT2D eigenvalue weighted by molar-refractivity contribution is 5.58. The van der Waals surface area contributed by atoms with E-state index in [1.165, 1.54) is 12.1 Å². The van der Waals surface area contributed by atoms with E-state index in [1.807, 2.05) is 18.2 Å². The van der Waals surface area contributed by atoms with Gasteiger partial charge in [-0.1, -0.05) is 0 Å². The van der Waals surface area contributed by atoms with E-state index in [0.29, 0.717) is 5.75 Å². The molecule has 1 aromatic carbocycles. The van der Waals surface area contributed by atoms with Crippen LogP contribution < -0.4 is 4.74 Å². The standard InChI is InChI=1S/C11H6N3O/c1-2-15-10-3-8(5-12)11(7-14)9(4-10)6-13/h3-4H,1-2H2. The first kappa shape index (κ1) is 10.6. The van der Waals surface area contributed by atoms with Crippen LogP contribution >= 0.6 is 0 Å². The van der Waals surface area contributed by atoms with Gasteiger partial charge in [-0.2, -0.15) is 15.8 Å². The van der Waals surface area contributed by atoms with Crippen LogP contribution in [0.2, 0.25) is 0 Å². The molecule has 0 amide bonds. The van der Waals surface area contributed by atoms with E-state index in [9.17, 15) is 0 Å². The maximum Gasteiger partial charge on any atom is 0.122 e. The molecule has 0 atom stereocenters. The largest absolute Gasteiger partial charge is 0.494 e. The van der Waals surface area contributed by atoms with E-state index in [-0.39, 0.29) is 23.3 Å². The Kier molecular flexibility index (Phi) is 3.28. The molecule has 4 nitrogen and oxygen atoms in total. The summed E-state index contributed by atoms with van der Waals surface area (Å²) in [6.07, 6.45) is 0. The predicted molar refractivity (Wildman–Crippen MR) is 51.4 cm³/mol. The minimum atomic E-state index is 0.0800. The van der Waals surface area contributed by atoms with Crippen LogP contribution in [-0.2, 0) is 0 Å². The Morgan fingerprint density at radius 2 is 1.60 bits per heavy atom. The number of nitrogens with zero attached hydrogens (tertiary/aromatic N) is 3. The molecule has 15 heavy (non-hydrogen) atoms. The molecule has 71 valence electrons. The second-order valence-electron chi connectivity index (χ2n) is 2.58. The molecule has 0 aliphatic heterocycles. The lowest BCUT2D eigenvalue weighted by molar-refractivity contribution is 0.361. The summed E-state index contributed by atoms with van der Waals surface area (Å²) in [6.45, 7) is 3.68. The molecular formula is C11H6N3O. The van der Waals surface area contributed by atoms with Crippen LogP contribution in [0.25, 0.3) is 0 Å². The fraction of sp³-hybridized carbons (Fsp3) is 0.0909. The number of hydrogen-bond donors (Lipinski definition) is 0. The fourth-order valence-electron chi connectivity index (χ4n) is 1.11. The Bertz CT molecular complexity index is 465. The van der Waals surface area contributed by atoms with Gasteiger partial charge in [-0.15, -0.1) is 0 Å². The summed E-state index contributed by atoms with van der Waals surface area (Å²) < 4.78 is 5.07. The third-order valence-corrected chi connectivity index (χ3v) is 1.73. The highest BCUT2D eigenvalue weighted by Crippen LogP contribution is 2.21. The summed E-state index contributed by atoms with van der Waals surface area (Å²) in [6, 6.07) is 8.35. The quantitative estimate of drug-likeness (QED) is 0.718. The van der Waals surface area contributed by atoms with E-state index >= 15 is 0 Å². The van der Waals surface area contributed by atoms with Crippen LogP contribution in [0, 0.1) is 40.9 Å². The van der Waals surface area contributed by atoms with Gasteiger partial charge in [0.1, 0.15) is 24.0 Å². The van der Waals surface area contributed by atoms with Gasteiger partial charge in [0, 0.05) is 0 Å². The second kappa shape index (κ2) is 4.65. The first-order valence-electron chi connectivity index (χ1n) is 4.07. The molecule has 1 rings (SSSR count). The zero-order valence-corrected chi connectivity index (χ0v) is 7.82. The summed E-state index contributed by atoms with van der Waals surface area (Å²) >= 11 is 0. The molecule has 0 fully saturated rings. The summed E-state index contributed by atoms with van der Waals surface area (Å²) in [4.78, 5) is 0. The van der Waals surface area contributed by atoms with Gasteiger partial charge in [-0.3, -0.25) is 0 Å². The van der Waals surface area contributed by atoms with E-state index in [2.05, 4.69) is 6.92 Å². The molecule has 0 bridgehead atoms. The molecule has 4 heteroatoms. The van der Waals surface area contributed by atoms with Crippen molar-refractivity contribution in [3.05, 3.63) is 35.7 Å². The Hall–Kier alpha value is -2.51. The zero-order chi connectivity index (χ0) is 11.3. The van der Waals surface area contributed by atoms with Crippen molar-refractivity contribution in [1.82, 2.24) is 0 Å². The van der Waals surface area contributed by atoms with Gasteiger partial charge in [0.25, 0.3) is 0 Å². The molecule has 1 aromatic rings. The van der Waals surface area contributed by atoms with Crippen molar-refractivity contribution in [3.8, 4) is 24.0 Å². The van der Waals surface area contributed by atoms with E-state index in [1.54, 1.807) is 0 Å². The van der Waals surface area contributed by atoms with Crippen LogP contribution in [-0.4, -0.2) is 6.61 Å². The third-order valence-electron chi connectivity index (χ3n) is 1.73. The van der Waals surface area contributed by atoms with E-state index in [0.717, 1.165) is 0 Å². The summed E-state index contributed by atoms with van der Waals surface area (Å²) in [7, 11) is 0. The van der Waals surface area contributed by atoms with Gasteiger partial charge < -0.3 is 4.74 Å². The second-order valence-corrected chi connectivity index (χ2v) is 2.58. The average molecular weight is 196 g/mol. The van der Waals surface area contributed by atoms with Crippen molar-refractivity contribution >= 4 is 0 Å². The fourth-order valence-corrected chi connectivity index (χ4v) is 1.11. The molecule has 0 unspecified atom stereocenters. The molecule has 0 heterocycles. The van der Waals surface area contributed by atoms with Crippen molar-refractivity contribution in [2.24, 2.45) is 0 Å². The normalized spacial score (nSPS) is 8.40. The number of hydrogen-bond acceptors (Lipinski definition) is 4. The monoisotopic (exact) mass is 196 g/mol. The molecule has 0 saturated carbocycles. The topological polar surface area (TPSA) is 80.6 Å². The van der Waals surface area contributed by atoms with Crippen LogP contribution in [0.15, 0.2) is 12.1 Å². The predicted octanol–water partition coefficient (Wildman–Crippen LogP) is 1.51. The number of benzene rings is 1. The Morgan fingerprint density at radius 1 is 1.07 bits per heavy atom. The van der Waals surface area contributed by atoms with Gasteiger partial charge in [-0.05, 0) is 19.1 Å². The minimum absolute atomic E-state index is 0.0800. The van der Waals surface area contributed by atoms with Gasteiger partial charge in [0.2, 0.25) is 0 Å². The smallest absolute Gasteiger partial charge is 0.122 e. The molecule has 0 aliphatic rings. The van der Waals surface area contributed by atoms with E-state index in [4.69, 9.17) is 20.5 Å². The first-order chi connectivity index (χ1) is 7.26. The average Bonchev–Trinajstić information content (AvgIpc) is 2.28. The van der Waals surface area contributed by atoms with Crippen molar-refractivity contribution < 1.29 is 4.74 Å². The Morgan fingerprint density at radius 3 is 1.93 bits per heavy atom. The molecule has 0 spiro atoms. The summed E-state index contributed by atoms with van der Waals surface area (Å²) in [5, 5.41) is 26.3. The lowest BCUT2D eigenvalue weighted by Crippen LogP contribution is -1.96. The summed E-state index contributed by atoms with van der Waals surface area (Å²) in [5.41, 5.74) is 0.358. The maximum atomic E-state index is 8.78. The molecular weight excluding hydrogens is 190 g/mol. The lowest BCUT2D eigenvalue weighted by Gasteiger charge is -2.04. The van der Waals surface area contributed by atoms with Crippen LogP contribution in [0.4, 0.5) is 0 Å². The first-order valence-corrected chi connectivity index (χ1v) is 4.07. The molecule has 1 radical (unpaired) electrons. The third kappa shape index (κ3) is 2.05. The summed E-state index contributed by atoms with van der Waals surface area (Å²) in [5.74, 6) is 0.372. The van der Waals surface area contributed by atoms with Crippen molar-refractivity contribution in [2.45, 2.75) is 0 Å².